The van der Waals surface area contributed by atoms with Crippen LogP contribution in [-0.2, 0) is 9.59 Å². The monoisotopic (exact) mass is 212 g/mol. The molecular formula is C11H20N2O2. The third-order valence-corrected chi connectivity index (χ3v) is 2.58. The fourth-order valence-electron chi connectivity index (χ4n) is 1.68. The average molecular weight is 212 g/mol. The van der Waals surface area contributed by atoms with Crippen LogP contribution in [0.3, 0.4) is 0 Å². The van der Waals surface area contributed by atoms with Crippen molar-refractivity contribution in [3.8, 4) is 0 Å². The van der Waals surface area contributed by atoms with Gasteiger partial charge in [-0.25, -0.2) is 0 Å². The maximum Gasteiger partial charge on any atom is 0.222 e. The van der Waals surface area contributed by atoms with Gasteiger partial charge in [0.25, 0.3) is 0 Å². The highest BCUT2D eigenvalue weighted by atomic mass is 16.2. The van der Waals surface area contributed by atoms with E-state index >= 15 is 0 Å². The summed E-state index contributed by atoms with van der Waals surface area (Å²) in [7, 11) is 0. The Labute approximate surface area is 91.0 Å². The molecule has 0 bridgehead atoms. The summed E-state index contributed by atoms with van der Waals surface area (Å²) in [4.78, 5) is 24.6. The van der Waals surface area contributed by atoms with E-state index in [0.717, 1.165) is 13.0 Å². The van der Waals surface area contributed by atoms with E-state index in [4.69, 9.17) is 0 Å². The summed E-state index contributed by atoms with van der Waals surface area (Å²) in [5, 5.41) is 2.89. The van der Waals surface area contributed by atoms with E-state index < -0.39 is 0 Å². The van der Waals surface area contributed by atoms with Gasteiger partial charge in [0.2, 0.25) is 11.8 Å². The normalized spacial score (nSPS) is 18.4. The molecule has 0 spiro atoms. The quantitative estimate of drug-likeness (QED) is 0.748. The lowest BCUT2D eigenvalue weighted by molar-refractivity contribution is -0.129. The van der Waals surface area contributed by atoms with E-state index in [2.05, 4.69) is 5.32 Å². The van der Waals surface area contributed by atoms with Gasteiger partial charge in [-0.3, -0.25) is 9.59 Å². The van der Waals surface area contributed by atoms with Crippen LogP contribution in [0.5, 0.6) is 0 Å². The van der Waals surface area contributed by atoms with Gasteiger partial charge in [-0.05, 0) is 13.3 Å². The molecule has 86 valence electrons. The summed E-state index contributed by atoms with van der Waals surface area (Å²) >= 11 is 0. The Hall–Kier alpha value is -1.06. The fraction of sp³-hybridized carbons (Fsp3) is 0.818. The van der Waals surface area contributed by atoms with E-state index in [0.29, 0.717) is 13.0 Å². The second-order valence-corrected chi connectivity index (χ2v) is 4.51. The highest BCUT2D eigenvalue weighted by molar-refractivity contribution is 5.79. The van der Waals surface area contributed by atoms with Crippen molar-refractivity contribution in [3.63, 3.8) is 0 Å². The van der Waals surface area contributed by atoms with Gasteiger partial charge >= 0.3 is 0 Å². The zero-order chi connectivity index (χ0) is 11.4. The van der Waals surface area contributed by atoms with Gasteiger partial charge in [0, 0.05) is 31.5 Å². The van der Waals surface area contributed by atoms with Gasteiger partial charge in [0.05, 0.1) is 0 Å². The zero-order valence-electron chi connectivity index (χ0n) is 9.75. The Kier molecular flexibility index (Phi) is 4.12. The molecule has 1 fully saturated rings. The predicted octanol–water partition coefficient (Wildman–Crippen LogP) is 0.769. The first-order chi connectivity index (χ1) is 7.00. The van der Waals surface area contributed by atoms with Crippen molar-refractivity contribution in [2.75, 3.05) is 13.1 Å². The van der Waals surface area contributed by atoms with E-state index in [1.54, 1.807) is 0 Å². The van der Waals surface area contributed by atoms with Crippen LogP contribution in [0, 0.1) is 5.92 Å². The van der Waals surface area contributed by atoms with E-state index in [-0.39, 0.29) is 23.8 Å². The number of carbonyl (C=O) groups excluding carboxylic acids is 2. The van der Waals surface area contributed by atoms with Crippen molar-refractivity contribution in [2.45, 2.75) is 39.7 Å². The number of nitrogens with one attached hydrogen (secondary N) is 1. The third kappa shape index (κ3) is 3.53. The summed E-state index contributed by atoms with van der Waals surface area (Å²) in [6, 6.07) is 0.0435. The Balaban J connectivity index is 2.32. The molecule has 1 rings (SSSR count). The minimum absolute atomic E-state index is 0.00160. The van der Waals surface area contributed by atoms with Crippen LogP contribution >= 0.6 is 0 Å². The lowest BCUT2D eigenvalue weighted by Gasteiger charge is -2.22. The van der Waals surface area contributed by atoms with Crippen LogP contribution in [0.1, 0.15) is 33.6 Å². The summed E-state index contributed by atoms with van der Waals surface area (Å²) in [5.41, 5.74) is 0. The van der Waals surface area contributed by atoms with Gasteiger partial charge in [-0.15, -0.1) is 0 Å². The van der Waals surface area contributed by atoms with E-state index in [9.17, 15) is 9.59 Å². The average Bonchev–Trinajstić information content (AvgIpc) is 2.51. The van der Waals surface area contributed by atoms with Crippen LogP contribution in [0.25, 0.3) is 0 Å². The molecule has 0 saturated carbocycles. The first-order valence-corrected chi connectivity index (χ1v) is 5.59. The Morgan fingerprint density at radius 2 is 2.13 bits per heavy atom. The van der Waals surface area contributed by atoms with E-state index in [1.165, 1.54) is 0 Å². The van der Waals surface area contributed by atoms with E-state index in [1.807, 2.05) is 25.7 Å². The minimum atomic E-state index is 0.00160. The van der Waals surface area contributed by atoms with Crippen molar-refractivity contribution >= 4 is 11.8 Å². The lowest BCUT2D eigenvalue weighted by atomic mass is 10.2. The summed E-state index contributed by atoms with van der Waals surface area (Å²) in [6.07, 6.45) is 1.61. The molecule has 1 aliphatic heterocycles. The smallest absolute Gasteiger partial charge is 0.222 e. The summed E-state index contributed by atoms with van der Waals surface area (Å²) < 4.78 is 0. The molecule has 4 nitrogen and oxygen atoms in total. The molecule has 1 N–H and O–H groups in total. The van der Waals surface area contributed by atoms with Crippen LogP contribution < -0.4 is 5.32 Å². The standard InChI is InChI=1S/C11H20N2O2/c1-8(2)11(15)12-9(3)7-13-6-4-5-10(13)14/h8-9H,4-7H2,1-3H3,(H,12,15). The second-order valence-electron chi connectivity index (χ2n) is 4.51. The number of rotatable bonds is 4. The molecule has 1 heterocycles. The first kappa shape index (κ1) is 12.0. The largest absolute Gasteiger partial charge is 0.352 e. The number of carbonyl (C=O) groups is 2. The van der Waals surface area contributed by atoms with Crippen LogP contribution in [0.4, 0.5) is 0 Å². The number of nitrogens with zero attached hydrogens (tertiary/aromatic N) is 1. The Morgan fingerprint density at radius 3 is 2.60 bits per heavy atom. The molecule has 4 heteroatoms. The zero-order valence-corrected chi connectivity index (χ0v) is 9.75. The predicted molar refractivity (Wildman–Crippen MR) is 58.3 cm³/mol. The molecule has 2 amide bonds. The molecule has 0 aromatic rings. The molecule has 15 heavy (non-hydrogen) atoms. The van der Waals surface area contributed by atoms with Gasteiger partial charge in [-0.1, -0.05) is 13.8 Å². The van der Waals surface area contributed by atoms with Gasteiger partial charge in [-0.2, -0.15) is 0 Å². The molecule has 1 atom stereocenters. The molecule has 1 aliphatic rings. The van der Waals surface area contributed by atoms with Crippen molar-refractivity contribution < 1.29 is 9.59 Å². The highest BCUT2D eigenvalue weighted by Gasteiger charge is 2.22. The Bertz CT molecular complexity index is 251. The molecular weight excluding hydrogens is 192 g/mol. The van der Waals surface area contributed by atoms with Crippen molar-refractivity contribution in [2.24, 2.45) is 5.92 Å². The van der Waals surface area contributed by atoms with Crippen LogP contribution in [-0.4, -0.2) is 35.8 Å². The van der Waals surface area contributed by atoms with Gasteiger partial charge in [0.1, 0.15) is 0 Å². The topological polar surface area (TPSA) is 49.4 Å². The number of hydrogen-bond donors (Lipinski definition) is 1. The molecule has 0 aliphatic carbocycles. The first-order valence-electron chi connectivity index (χ1n) is 5.59. The second kappa shape index (κ2) is 5.14. The van der Waals surface area contributed by atoms with Crippen molar-refractivity contribution in [1.29, 1.82) is 0 Å². The molecule has 1 saturated heterocycles. The molecule has 0 aromatic carbocycles. The maximum atomic E-state index is 11.4. The number of amides is 2. The third-order valence-electron chi connectivity index (χ3n) is 2.58. The SMILES string of the molecule is CC(CN1CCCC1=O)NC(=O)C(C)C. The number of hydrogen-bond acceptors (Lipinski definition) is 2. The fourth-order valence-corrected chi connectivity index (χ4v) is 1.68. The molecule has 0 aromatic heterocycles. The lowest BCUT2D eigenvalue weighted by Crippen LogP contribution is -2.43. The molecule has 0 radical (unpaired) electrons. The van der Waals surface area contributed by atoms with Crippen molar-refractivity contribution in [1.82, 2.24) is 10.2 Å². The maximum absolute atomic E-state index is 11.4. The minimum Gasteiger partial charge on any atom is -0.352 e. The van der Waals surface area contributed by atoms with Gasteiger partial charge < -0.3 is 10.2 Å². The highest BCUT2D eigenvalue weighted by Crippen LogP contribution is 2.09. The van der Waals surface area contributed by atoms with Crippen molar-refractivity contribution in [3.05, 3.63) is 0 Å². The summed E-state index contributed by atoms with van der Waals surface area (Å²) in [5.74, 6) is 0.261. The van der Waals surface area contributed by atoms with Gasteiger partial charge in [0.15, 0.2) is 0 Å². The molecule has 1 unspecified atom stereocenters. The van der Waals surface area contributed by atoms with Crippen LogP contribution in [0.15, 0.2) is 0 Å². The Morgan fingerprint density at radius 1 is 1.47 bits per heavy atom. The summed E-state index contributed by atoms with van der Waals surface area (Å²) in [6.45, 7) is 7.13. The number of likely N-dealkylation sites (tertiary alicyclic amines) is 1. The van der Waals surface area contributed by atoms with Crippen LogP contribution in [0.2, 0.25) is 0 Å².